The lowest BCUT2D eigenvalue weighted by atomic mass is 10.00. The Bertz CT molecular complexity index is 939. The van der Waals surface area contributed by atoms with Crippen molar-refractivity contribution in [1.82, 2.24) is 0 Å². The molecule has 0 radical (unpaired) electrons. The van der Waals surface area contributed by atoms with Crippen molar-refractivity contribution in [3.63, 3.8) is 0 Å². The van der Waals surface area contributed by atoms with Crippen LogP contribution in [0.25, 0.3) is 0 Å². The van der Waals surface area contributed by atoms with Gasteiger partial charge in [-0.2, -0.15) is 0 Å². The van der Waals surface area contributed by atoms with Crippen LogP contribution in [-0.4, -0.2) is 38.5 Å². The van der Waals surface area contributed by atoms with E-state index >= 15 is 0 Å². The number of methoxy groups -OCH3 is 1. The minimum atomic E-state index is -3.87. The number of rotatable bonds is 6. The average molecular weight is 395 g/mol. The molecule has 0 spiro atoms. The number of aliphatic carboxylic acids is 1. The lowest BCUT2D eigenvalue weighted by Gasteiger charge is -2.12. The van der Waals surface area contributed by atoms with Gasteiger partial charge in [0.05, 0.1) is 16.8 Å². The number of aryl methyl sites for hydroxylation is 1. The quantitative estimate of drug-likeness (QED) is 0.812. The number of carboxylic acid groups (broad SMARTS) is 1. The number of carbonyl (C=O) groups is 1. The van der Waals surface area contributed by atoms with Crippen molar-refractivity contribution in [1.29, 1.82) is 0 Å². The molecule has 5 nitrogen and oxygen atoms in total. The van der Waals surface area contributed by atoms with Crippen LogP contribution in [0.1, 0.15) is 17.0 Å². The SMILES string of the molecule is COC[C@@]1(C(=O)O)[C@H](c2cccc(Cl)c2)[C@@H]1S(=O)(=O)c1ccc(C)cc1. The van der Waals surface area contributed by atoms with Crippen molar-refractivity contribution >= 4 is 27.4 Å². The van der Waals surface area contributed by atoms with Crippen LogP contribution < -0.4 is 0 Å². The van der Waals surface area contributed by atoms with Crippen LogP contribution in [0.5, 0.6) is 0 Å². The van der Waals surface area contributed by atoms with Crippen LogP contribution in [0.2, 0.25) is 5.02 Å². The lowest BCUT2D eigenvalue weighted by molar-refractivity contribution is -0.145. The van der Waals surface area contributed by atoms with E-state index in [-0.39, 0.29) is 11.5 Å². The molecule has 1 aliphatic rings. The summed E-state index contributed by atoms with van der Waals surface area (Å²) < 4.78 is 31.5. The van der Waals surface area contributed by atoms with E-state index in [1.807, 2.05) is 6.92 Å². The number of sulfone groups is 1. The van der Waals surface area contributed by atoms with Gasteiger partial charge < -0.3 is 9.84 Å². The average Bonchev–Trinajstić information content (AvgIpc) is 3.27. The van der Waals surface area contributed by atoms with Gasteiger partial charge in [0.2, 0.25) is 0 Å². The van der Waals surface area contributed by atoms with Crippen molar-refractivity contribution in [2.75, 3.05) is 13.7 Å². The predicted molar refractivity (Wildman–Crippen MR) is 98.3 cm³/mol. The van der Waals surface area contributed by atoms with E-state index in [0.29, 0.717) is 10.6 Å². The number of halogens is 1. The maximum Gasteiger partial charge on any atom is 0.314 e. The maximum atomic E-state index is 13.2. The topological polar surface area (TPSA) is 80.7 Å². The van der Waals surface area contributed by atoms with Crippen molar-refractivity contribution in [2.24, 2.45) is 5.41 Å². The van der Waals surface area contributed by atoms with E-state index in [9.17, 15) is 18.3 Å². The molecule has 3 atom stereocenters. The number of ether oxygens (including phenoxy) is 1. The Kier molecular flexibility index (Phi) is 4.86. The molecule has 0 aromatic heterocycles. The molecular weight excluding hydrogens is 376 g/mol. The van der Waals surface area contributed by atoms with Crippen LogP contribution in [0, 0.1) is 12.3 Å². The second-order valence-electron chi connectivity index (χ2n) is 6.59. The highest BCUT2D eigenvalue weighted by molar-refractivity contribution is 7.92. The highest BCUT2D eigenvalue weighted by Gasteiger charge is 2.76. The molecule has 1 saturated carbocycles. The van der Waals surface area contributed by atoms with Gasteiger partial charge in [-0.3, -0.25) is 4.79 Å². The van der Waals surface area contributed by atoms with Gasteiger partial charge in [-0.25, -0.2) is 8.42 Å². The molecule has 0 heterocycles. The van der Waals surface area contributed by atoms with E-state index in [1.54, 1.807) is 36.4 Å². The zero-order chi connectivity index (χ0) is 19.1. The van der Waals surface area contributed by atoms with E-state index in [0.717, 1.165) is 5.56 Å². The predicted octanol–water partition coefficient (Wildman–Crippen LogP) is 3.31. The van der Waals surface area contributed by atoms with Gasteiger partial charge in [0.25, 0.3) is 0 Å². The molecule has 138 valence electrons. The van der Waals surface area contributed by atoms with Gasteiger partial charge in [0, 0.05) is 18.1 Å². The highest BCUT2D eigenvalue weighted by Crippen LogP contribution is 2.64. The van der Waals surface area contributed by atoms with Gasteiger partial charge in [0.15, 0.2) is 9.84 Å². The second kappa shape index (κ2) is 6.68. The van der Waals surface area contributed by atoms with Crippen LogP contribution in [0.4, 0.5) is 0 Å². The Balaban J connectivity index is 2.13. The molecule has 1 fully saturated rings. The van der Waals surface area contributed by atoms with Gasteiger partial charge in [-0.05, 0) is 36.8 Å². The summed E-state index contributed by atoms with van der Waals surface area (Å²) >= 11 is 6.03. The normalized spacial score (nSPS) is 25.0. The Morgan fingerprint density at radius 1 is 1.23 bits per heavy atom. The lowest BCUT2D eigenvalue weighted by Crippen LogP contribution is -2.28. The summed E-state index contributed by atoms with van der Waals surface area (Å²) in [4.78, 5) is 12.2. The van der Waals surface area contributed by atoms with Crippen LogP contribution >= 0.6 is 11.6 Å². The number of benzene rings is 2. The van der Waals surface area contributed by atoms with E-state index in [4.69, 9.17) is 16.3 Å². The first-order valence-electron chi connectivity index (χ1n) is 8.03. The molecule has 0 bridgehead atoms. The monoisotopic (exact) mass is 394 g/mol. The molecule has 0 amide bonds. The molecule has 2 aromatic carbocycles. The summed E-state index contributed by atoms with van der Waals surface area (Å²) in [6.07, 6.45) is 0. The van der Waals surface area contributed by atoms with Crippen LogP contribution in [0.15, 0.2) is 53.4 Å². The van der Waals surface area contributed by atoms with Crippen molar-refractivity contribution in [3.05, 3.63) is 64.7 Å². The number of hydrogen-bond donors (Lipinski definition) is 1. The smallest absolute Gasteiger partial charge is 0.314 e. The number of carboxylic acids is 1. The van der Waals surface area contributed by atoms with Crippen molar-refractivity contribution in [3.8, 4) is 0 Å². The fraction of sp³-hybridized carbons (Fsp3) is 0.316. The van der Waals surface area contributed by atoms with Crippen molar-refractivity contribution < 1.29 is 23.1 Å². The molecule has 3 rings (SSSR count). The molecule has 0 saturated heterocycles. The molecule has 1 N–H and O–H groups in total. The molecule has 0 unspecified atom stereocenters. The third-order valence-electron chi connectivity index (χ3n) is 4.93. The Morgan fingerprint density at radius 2 is 1.88 bits per heavy atom. The highest BCUT2D eigenvalue weighted by atomic mass is 35.5. The molecular formula is C19H19ClO5S. The maximum absolute atomic E-state index is 13.2. The van der Waals surface area contributed by atoms with Gasteiger partial charge in [-0.1, -0.05) is 41.4 Å². The summed E-state index contributed by atoms with van der Waals surface area (Å²) in [5.41, 5.74) is -0.0338. The summed E-state index contributed by atoms with van der Waals surface area (Å²) in [7, 11) is -2.50. The number of hydrogen-bond acceptors (Lipinski definition) is 4. The summed E-state index contributed by atoms with van der Waals surface area (Å²) in [6.45, 7) is 1.66. The first-order chi connectivity index (χ1) is 12.2. The fourth-order valence-corrected chi connectivity index (χ4v) is 6.19. The van der Waals surface area contributed by atoms with E-state index in [2.05, 4.69) is 0 Å². The molecule has 7 heteroatoms. The van der Waals surface area contributed by atoms with Crippen LogP contribution in [0.3, 0.4) is 0 Å². The molecule has 26 heavy (non-hydrogen) atoms. The third-order valence-corrected chi connectivity index (χ3v) is 7.45. The zero-order valence-corrected chi connectivity index (χ0v) is 15.9. The summed E-state index contributed by atoms with van der Waals surface area (Å²) in [5.74, 6) is -1.92. The van der Waals surface area contributed by atoms with Crippen molar-refractivity contribution in [2.45, 2.75) is 23.0 Å². The Labute approximate surface area is 157 Å². The second-order valence-corrected chi connectivity index (χ2v) is 9.10. The zero-order valence-electron chi connectivity index (χ0n) is 14.3. The minimum absolute atomic E-state index is 0.111. The largest absolute Gasteiger partial charge is 0.481 e. The van der Waals surface area contributed by atoms with E-state index in [1.165, 1.54) is 19.2 Å². The summed E-state index contributed by atoms with van der Waals surface area (Å²) in [5, 5.41) is 9.19. The van der Waals surface area contributed by atoms with E-state index < -0.39 is 32.4 Å². The van der Waals surface area contributed by atoms with Gasteiger partial charge >= 0.3 is 5.97 Å². The first-order valence-corrected chi connectivity index (χ1v) is 9.96. The molecule has 0 aliphatic heterocycles. The molecule has 2 aromatic rings. The Morgan fingerprint density at radius 3 is 2.42 bits per heavy atom. The molecule has 1 aliphatic carbocycles. The van der Waals surface area contributed by atoms with Gasteiger partial charge in [0.1, 0.15) is 5.41 Å². The van der Waals surface area contributed by atoms with Crippen LogP contribution in [-0.2, 0) is 19.4 Å². The third kappa shape index (κ3) is 2.92. The van der Waals surface area contributed by atoms with Gasteiger partial charge in [-0.15, -0.1) is 0 Å². The Hall–Kier alpha value is -1.89. The standard InChI is InChI=1S/C19H19ClO5S/c1-12-6-8-15(9-7-12)26(23,24)17-16(13-4-3-5-14(20)10-13)19(17,11-25-2)18(21)22/h3-10,16-17H,11H2,1-2H3,(H,21,22)/t16-,17+,19-/m1/s1. The summed E-state index contributed by atoms with van der Waals surface area (Å²) in [6, 6.07) is 13.1. The first kappa shape index (κ1) is 18.9. The minimum Gasteiger partial charge on any atom is -0.481 e. The fourth-order valence-electron chi connectivity index (χ4n) is 3.63.